The SMILES string of the molecule is NC(=O)c1c(SCC(=O)Nc2ccc3c(c2)OCO3)sc2c1NC(=O)[C@H]1CCCN1C2=O. The number of fused-ring (bicyclic) bond motifs is 3. The van der Waals surface area contributed by atoms with Gasteiger partial charge in [0.05, 0.1) is 21.2 Å². The van der Waals surface area contributed by atoms with Crippen LogP contribution in [0.1, 0.15) is 32.9 Å². The number of rotatable bonds is 5. The Morgan fingerprint density at radius 2 is 2.09 bits per heavy atom. The maximum absolute atomic E-state index is 13.0. The molecule has 4 heterocycles. The second kappa shape index (κ2) is 8.02. The molecule has 5 rings (SSSR count). The van der Waals surface area contributed by atoms with Gasteiger partial charge in [-0.05, 0) is 25.0 Å². The summed E-state index contributed by atoms with van der Waals surface area (Å²) in [7, 11) is 0. The summed E-state index contributed by atoms with van der Waals surface area (Å²) >= 11 is 2.15. The minimum absolute atomic E-state index is 0.0252. The molecule has 1 atom stereocenters. The number of carbonyl (C=O) groups excluding carboxylic acids is 4. The van der Waals surface area contributed by atoms with E-state index in [4.69, 9.17) is 15.2 Å². The topological polar surface area (TPSA) is 140 Å². The number of carbonyl (C=O) groups is 4. The monoisotopic (exact) mass is 474 g/mol. The number of thioether (sulfide) groups is 1. The smallest absolute Gasteiger partial charge is 0.266 e. The molecule has 0 spiro atoms. The van der Waals surface area contributed by atoms with Crippen LogP contribution in [0, 0.1) is 0 Å². The lowest BCUT2D eigenvalue weighted by molar-refractivity contribution is -0.119. The fraction of sp³-hybridized carbons (Fsp3) is 0.300. The Bertz CT molecular complexity index is 1160. The van der Waals surface area contributed by atoms with Crippen LogP contribution in [0.15, 0.2) is 22.4 Å². The molecule has 1 saturated heterocycles. The zero-order valence-electron chi connectivity index (χ0n) is 16.6. The first-order chi connectivity index (χ1) is 15.4. The van der Waals surface area contributed by atoms with Gasteiger partial charge in [0, 0.05) is 18.3 Å². The molecule has 32 heavy (non-hydrogen) atoms. The quantitative estimate of drug-likeness (QED) is 0.562. The predicted octanol–water partition coefficient (Wildman–Crippen LogP) is 1.86. The Hall–Kier alpha value is -3.25. The molecule has 1 aromatic heterocycles. The summed E-state index contributed by atoms with van der Waals surface area (Å²) in [6, 6.07) is 4.52. The van der Waals surface area contributed by atoms with E-state index in [-0.39, 0.29) is 46.4 Å². The molecule has 3 aliphatic heterocycles. The summed E-state index contributed by atoms with van der Waals surface area (Å²) in [6.07, 6.45) is 1.33. The van der Waals surface area contributed by atoms with E-state index < -0.39 is 11.9 Å². The number of benzene rings is 1. The van der Waals surface area contributed by atoms with Gasteiger partial charge in [-0.15, -0.1) is 23.1 Å². The Balaban J connectivity index is 1.35. The van der Waals surface area contributed by atoms with Crippen molar-refractivity contribution >= 4 is 58.1 Å². The Kier molecular flexibility index (Phi) is 5.18. The summed E-state index contributed by atoms with van der Waals surface area (Å²) in [5, 5.41) is 5.47. The number of hydrogen-bond acceptors (Lipinski definition) is 8. The van der Waals surface area contributed by atoms with E-state index in [2.05, 4.69) is 10.6 Å². The first kappa shape index (κ1) is 20.6. The number of nitrogens with two attached hydrogens (primary N) is 1. The first-order valence-corrected chi connectivity index (χ1v) is 11.6. The van der Waals surface area contributed by atoms with E-state index in [1.165, 1.54) is 4.90 Å². The van der Waals surface area contributed by atoms with Gasteiger partial charge in [0.2, 0.25) is 18.6 Å². The number of ether oxygens (including phenoxy) is 2. The normalized spacial score (nSPS) is 18.6. The van der Waals surface area contributed by atoms with Crippen LogP contribution in [0.5, 0.6) is 11.5 Å². The van der Waals surface area contributed by atoms with Crippen LogP contribution in [-0.4, -0.2) is 53.7 Å². The fourth-order valence-electron chi connectivity index (χ4n) is 3.93. The van der Waals surface area contributed by atoms with E-state index in [0.29, 0.717) is 34.4 Å². The van der Waals surface area contributed by atoms with Gasteiger partial charge >= 0.3 is 0 Å². The third kappa shape index (κ3) is 3.54. The van der Waals surface area contributed by atoms with Crippen LogP contribution in [-0.2, 0) is 9.59 Å². The molecule has 0 radical (unpaired) electrons. The summed E-state index contributed by atoms with van der Waals surface area (Å²) in [5.74, 6) is -0.586. The molecule has 3 aliphatic rings. The highest BCUT2D eigenvalue weighted by atomic mass is 32.2. The van der Waals surface area contributed by atoms with Crippen molar-refractivity contribution in [2.24, 2.45) is 5.73 Å². The molecule has 166 valence electrons. The van der Waals surface area contributed by atoms with Crippen LogP contribution < -0.4 is 25.8 Å². The van der Waals surface area contributed by atoms with Gasteiger partial charge in [0.25, 0.3) is 11.8 Å². The molecule has 1 fully saturated rings. The zero-order valence-corrected chi connectivity index (χ0v) is 18.3. The lowest BCUT2D eigenvalue weighted by Crippen LogP contribution is -2.40. The molecule has 2 aromatic rings. The van der Waals surface area contributed by atoms with E-state index in [1.807, 2.05) is 0 Å². The maximum atomic E-state index is 13.0. The third-order valence-corrected chi connectivity index (χ3v) is 7.82. The van der Waals surface area contributed by atoms with Crippen molar-refractivity contribution in [3.63, 3.8) is 0 Å². The van der Waals surface area contributed by atoms with Crippen LogP contribution in [0.4, 0.5) is 11.4 Å². The summed E-state index contributed by atoms with van der Waals surface area (Å²) in [4.78, 5) is 52.0. The Morgan fingerprint density at radius 1 is 1.28 bits per heavy atom. The summed E-state index contributed by atoms with van der Waals surface area (Å²) in [5.41, 5.74) is 6.32. The molecule has 10 nitrogen and oxygen atoms in total. The highest BCUT2D eigenvalue weighted by Crippen LogP contribution is 2.43. The maximum Gasteiger partial charge on any atom is 0.266 e. The van der Waals surface area contributed by atoms with Gasteiger partial charge in [-0.1, -0.05) is 0 Å². The minimum atomic E-state index is -0.767. The van der Waals surface area contributed by atoms with Gasteiger partial charge in [0.15, 0.2) is 11.5 Å². The van der Waals surface area contributed by atoms with E-state index in [1.54, 1.807) is 18.2 Å². The molecule has 4 N–H and O–H groups in total. The molecule has 4 amide bonds. The number of nitrogens with one attached hydrogen (secondary N) is 2. The van der Waals surface area contributed by atoms with Crippen molar-refractivity contribution in [2.75, 3.05) is 29.7 Å². The first-order valence-electron chi connectivity index (χ1n) is 9.83. The number of nitrogens with zero attached hydrogens (tertiary/aromatic N) is 1. The second-order valence-electron chi connectivity index (χ2n) is 7.38. The van der Waals surface area contributed by atoms with E-state index >= 15 is 0 Å². The van der Waals surface area contributed by atoms with Gasteiger partial charge in [-0.25, -0.2) is 0 Å². The van der Waals surface area contributed by atoms with Crippen LogP contribution >= 0.6 is 23.1 Å². The molecule has 12 heteroatoms. The molecule has 1 aromatic carbocycles. The van der Waals surface area contributed by atoms with Gasteiger partial charge < -0.3 is 30.7 Å². The Morgan fingerprint density at radius 3 is 2.91 bits per heavy atom. The highest BCUT2D eigenvalue weighted by Gasteiger charge is 2.41. The molecular formula is C20H18N4O6S2. The van der Waals surface area contributed by atoms with Gasteiger partial charge in [-0.3, -0.25) is 19.2 Å². The summed E-state index contributed by atoms with van der Waals surface area (Å²) in [6.45, 7) is 0.621. The minimum Gasteiger partial charge on any atom is -0.454 e. The molecular weight excluding hydrogens is 456 g/mol. The average Bonchev–Trinajstić information content (AvgIpc) is 3.48. The molecule has 0 aliphatic carbocycles. The average molecular weight is 475 g/mol. The number of amides is 4. The number of anilines is 2. The predicted molar refractivity (Wildman–Crippen MR) is 117 cm³/mol. The third-order valence-electron chi connectivity index (χ3n) is 5.37. The summed E-state index contributed by atoms with van der Waals surface area (Å²) < 4.78 is 11.0. The van der Waals surface area contributed by atoms with Crippen LogP contribution in [0.2, 0.25) is 0 Å². The lowest BCUT2D eigenvalue weighted by atomic mass is 10.2. The van der Waals surface area contributed by atoms with E-state index in [9.17, 15) is 19.2 Å². The number of thiophene rings is 1. The highest BCUT2D eigenvalue weighted by molar-refractivity contribution is 8.01. The van der Waals surface area contributed by atoms with Crippen molar-refractivity contribution in [3.05, 3.63) is 28.6 Å². The van der Waals surface area contributed by atoms with Gasteiger partial charge in [0.1, 0.15) is 10.9 Å². The lowest BCUT2D eigenvalue weighted by Gasteiger charge is -2.19. The number of primary amides is 1. The van der Waals surface area contributed by atoms with Crippen molar-refractivity contribution in [1.29, 1.82) is 0 Å². The standard InChI is InChI=1S/C20H18N4O6S2/c21-17(26)14-15-16(19(28)24-5-1-2-10(24)18(27)23-15)32-20(14)31-7-13(25)22-9-3-4-11-12(6-9)30-8-29-11/h3-4,6,10H,1-2,5,7-8H2,(H2,21,26)(H,22,25)(H,23,27)/t10-/m1/s1. The van der Waals surface area contributed by atoms with Gasteiger partial charge in [-0.2, -0.15) is 0 Å². The van der Waals surface area contributed by atoms with Crippen molar-refractivity contribution < 1.29 is 28.7 Å². The molecule has 0 saturated carbocycles. The van der Waals surface area contributed by atoms with Crippen molar-refractivity contribution in [3.8, 4) is 11.5 Å². The largest absolute Gasteiger partial charge is 0.454 e. The number of hydrogen-bond donors (Lipinski definition) is 3. The fourth-order valence-corrected chi connectivity index (χ4v) is 6.22. The Labute approximate surface area is 190 Å². The van der Waals surface area contributed by atoms with Crippen molar-refractivity contribution in [2.45, 2.75) is 23.1 Å². The molecule has 0 unspecified atom stereocenters. The van der Waals surface area contributed by atoms with E-state index in [0.717, 1.165) is 29.5 Å². The second-order valence-corrected chi connectivity index (χ2v) is 9.65. The van der Waals surface area contributed by atoms with Crippen LogP contribution in [0.3, 0.4) is 0 Å². The molecule has 0 bridgehead atoms. The zero-order chi connectivity index (χ0) is 22.4. The van der Waals surface area contributed by atoms with Crippen molar-refractivity contribution in [1.82, 2.24) is 4.90 Å². The van der Waals surface area contributed by atoms with Crippen LogP contribution in [0.25, 0.3) is 0 Å².